The first-order valence-electron chi connectivity index (χ1n) is 18.5. The summed E-state index contributed by atoms with van der Waals surface area (Å²) in [6.45, 7) is 0. The number of benzene rings is 10. The number of para-hydroxylation sites is 1. The maximum atomic E-state index is 6.66. The van der Waals surface area contributed by atoms with Gasteiger partial charge in [0, 0.05) is 33.0 Å². The monoisotopic (exact) mass is 686 g/mol. The zero-order valence-electron chi connectivity index (χ0n) is 29.1. The van der Waals surface area contributed by atoms with Crippen molar-refractivity contribution in [2.75, 3.05) is 0 Å². The van der Waals surface area contributed by atoms with Gasteiger partial charge in [-0.15, -0.1) is 0 Å². The first kappa shape index (κ1) is 29.4. The lowest BCUT2D eigenvalue weighted by molar-refractivity contribution is 0.658. The molecule has 0 unspecified atom stereocenters. The van der Waals surface area contributed by atoms with Crippen LogP contribution in [-0.4, -0.2) is 0 Å². The predicted octanol–water partition coefficient (Wildman–Crippen LogP) is 15.1. The third-order valence-corrected chi connectivity index (χ3v) is 11.4. The lowest BCUT2D eigenvalue weighted by Gasteiger charge is -2.19. The average Bonchev–Trinajstić information content (AvgIpc) is 3.79. The lowest BCUT2D eigenvalue weighted by atomic mass is 9.84. The molecule has 250 valence electrons. The molecule has 2 nitrogen and oxygen atoms in total. The van der Waals surface area contributed by atoms with Crippen LogP contribution in [0.5, 0.6) is 0 Å². The van der Waals surface area contributed by atoms with Crippen LogP contribution in [0.3, 0.4) is 0 Å². The van der Waals surface area contributed by atoms with E-state index in [4.69, 9.17) is 8.83 Å². The molecule has 12 rings (SSSR count). The summed E-state index contributed by atoms with van der Waals surface area (Å²) >= 11 is 0. The van der Waals surface area contributed by atoms with Crippen molar-refractivity contribution in [2.45, 2.75) is 0 Å². The predicted molar refractivity (Wildman–Crippen MR) is 227 cm³/mol. The maximum absolute atomic E-state index is 6.66. The van der Waals surface area contributed by atoms with E-state index in [1.54, 1.807) is 0 Å². The molecule has 0 atom stereocenters. The van der Waals surface area contributed by atoms with Crippen molar-refractivity contribution in [3.63, 3.8) is 0 Å². The number of fused-ring (bicyclic) bond motifs is 11. The quantitative estimate of drug-likeness (QED) is 0.173. The molecule has 0 aliphatic heterocycles. The van der Waals surface area contributed by atoms with E-state index in [2.05, 4.69) is 164 Å². The molecule has 0 bridgehead atoms. The Labute approximate surface area is 310 Å². The fourth-order valence-corrected chi connectivity index (χ4v) is 8.98. The first-order chi connectivity index (χ1) is 26.8. The molecule has 0 amide bonds. The second-order valence-electron chi connectivity index (χ2n) is 14.4. The van der Waals surface area contributed by atoms with E-state index < -0.39 is 0 Å². The Morgan fingerprint density at radius 1 is 0.259 bits per heavy atom. The fourth-order valence-electron chi connectivity index (χ4n) is 8.98. The van der Waals surface area contributed by atoms with E-state index in [1.165, 1.54) is 54.6 Å². The molecule has 2 heterocycles. The van der Waals surface area contributed by atoms with Gasteiger partial charge in [-0.2, -0.15) is 0 Å². The molecule has 0 spiro atoms. The van der Waals surface area contributed by atoms with E-state index in [9.17, 15) is 0 Å². The van der Waals surface area contributed by atoms with Gasteiger partial charge in [-0.1, -0.05) is 146 Å². The highest BCUT2D eigenvalue weighted by Crippen LogP contribution is 2.46. The Kier molecular flexibility index (Phi) is 6.09. The van der Waals surface area contributed by atoms with Gasteiger partial charge in [0.2, 0.25) is 0 Å². The standard InChI is InChI=1S/C52H30O2/c1-2-15-36-31(11-1)12-10-21-38(36)51-41-19-5-3-17-39(41)50(40-18-4-6-20-42(40)51)35-14-9-13-33(27-35)34-24-23-32-25-26-43-46-29-45-37-16-7-8-22-47(37)53-48(45)30-49(46)54-52(43)44(32)28-34/h1-30H. The third kappa shape index (κ3) is 4.22. The molecule has 0 saturated carbocycles. The Bertz CT molecular complexity index is 3440. The number of furan rings is 2. The number of hydrogen-bond acceptors (Lipinski definition) is 2. The average molecular weight is 687 g/mol. The topological polar surface area (TPSA) is 26.3 Å². The Hall–Kier alpha value is -7.16. The SMILES string of the molecule is c1cc(-c2ccc3ccc4c5cc6c(cc5oc4c3c2)oc2ccccc26)cc(-c2c3ccccc3c(-c3cccc4ccccc34)c3ccccc23)c1. The Balaban J connectivity index is 1.05. The Morgan fingerprint density at radius 3 is 1.65 bits per heavy atom. The highest BCUT2D eigenvalue weighted by molar-refractivity contribution is 6.24. The summed E-state index contributed by atoms with van der Waals surface area (Å²) in [5.41, 5.74) is 10.8. The van der Waals surface area contributed by atoms with Gasteiger partial charge in [0.05, 0.1) is 0 Å². The lowest BCUT2D eigenvalue weighted by Crippen LogP contribution is -1.92. The van der Waals surface area contributed by atoms with Gasteiger partial charge >= 0.3 is 0 Å². The number of hydrogen-bond donors (Lipinski definition) is 0. The molecular formula is C52H30O2. The van der Waals surface area contributed by atoms with Crippen molar-refractivity contribution >= 4 is 87.0 Å². The molecule has 0 aliphatic carbocycles. The van der Waals surface area contributed by atoms with E-state index in [0.29, 0.717) is 0 Å². The van der Waals surface area contributed by atoms with Crippen LogP contribution in [0.2, 0.25) is 0 Å². The third-order valence-electron chi connectivity index (χ3n) is 11.4. The van der Waals surface area contributed by atoms with E-state index in [-0.39, 0.29) is 0 Å². The zero-order chi connectivity index (χ0) is 35.3. The maximum Gasteiger partial charge on any atom is 0.143 e. The number of rotatable bonds is 3. The minimum atomic E-state index is 0.835. The normalized spacial score (nSPS) is 12.1. The highest BCUT2D eigenvalue weighted by atomic mass is 16.3. The molecule has 0 aliphatic rings. The summed E-state index contributed by atoms with van der Waals surface area (Å²) in [4.78, 5) is 0. The van der Waals surface area contributed by atoms with Gasteiger partial charge < -0.3 is 8.83 Å². The summed E-state index contributed by atoms with van der Waals surface area (Å²) in [6.07, 6.45) is 0. The molecule has 0 fully saturated rings. The summed E-state index contributed by atoms with van der Waals surface area (Å²) in [7, 11) is 0. The Morgan fingerprint density at radius 2 is 0.833 bits per heavy atom. The zero-order valence-corrected chi connectivity index (χ0v) is 29.1. The van der Waals surface area contributed by atoms with E-state index in [1.807, 2.05) is 18.2 Å². The highest BCUT2D eigenvalue weighted by Gasteiger charge is 2.19. The fraction of sp³-hybridized carbons (Fsp3) is 0. The molecule has 2 heteroatoms. The van der Waals surface area contributed by atoms with Crippen molar-refractivity contribution in [3.8, 4) is 33.4 Å². The van der Waals surface area contributed by atoms with Gasteiger partial charge in [-0.25, -0.2) is 0 Å². The first-order valence-corrected chi connectivity index (χ1v) is 18.5. The van der Waals surface area contributed by atoms with Crippen LogP contribution in [0, 0.1) is 0 Å². The van der Waals surface area contributed by atoms with Crippen molar-refractivity contribution in [3.05, 3.63) is 182 Å². The minimum absolute atomic E-state index is 0.835. The largest absolute Gasteiger partial charge is 0.456 e. The van der Waals surface area contributed by atoms with Gasteiger partial charge in [-0.3, -0.25) is 0 Å². The van der Waals surface area contributed by atoms with Gasteiger partial charge in [0.1, 0.15) is 22.3 Å². The smallest absolute Gasteiger partial charge is 0.143 e. The van der Waals surface area contributed by atoms with Crippen molar-refractivity contribution < 1.29 is 8.83 Å². The van der Waals surface area contributed by atoms with E-state index in [0.717, 1.165) is 65.8 Å². The second-order valence-corrected chi connectivity index (χ2v) is 14.4. The summed E-state index contributed by atoms with van der Waals surface area (Å²) < 4.78 is 12.9. The van der Waals surface area contributed by atoms with Crippen LogP contribution >= 0.6 is 0 Å². The molecule has 0 radical (unpaired) electrons. The van der Waals surface area contributed by atoms with Crippen LogP contribution in [0.25, 0.3) is 120 Å². The van der Waals surface area contributed by atoms with Crippen molar-refractivity contribution in [1.82, 2.24) is 0 Å². The minimum Gasteiger partial charge on any atom is -0.456 e. The van der Waals surface area contributed by atoms with Crippen LogP contribution in [0.4, 0.5) is 0 Å². The molecule has 0 N–H and O–H groups in total. The van der Waals surface area contributed by atoms with Crippen LogP contribution in [0.15, 0.2) is 191 Å². The molecular weight excluding hydrogens is 657 g/mol. The van der Waals surface area contributed by atoms with Crippen molar-refractivity contribution in [2.24, 2.45) is 0 Å². The van der Waals surface area contributed by atoms with Crippen LogP contribution < -0.4 is 0 Å². The molecule has 54 heavy (non-hydrogen) atoms. The van der Waals surface area contributed by atoms with Crippen molar-refractivity contribution in [1.29, 1.82) is 0 Å². The van der Waals surface area contributed by atoms with E-state index >= 15 is 0 Å². The van der Waals surface area contributed by atoms with Crippen LogP contribution in [0.1, 0.15) is 0 Å². The molecule has 10 aromatic carbocycles. The summed E-state index contributed by atoms with van der Waals surface area (Å²) in [5.74, 6) is 0. The molecule has 0 saturated heterocycles. The summed E-state index contributed by atoms with van der Waals surface area (Å²) in [5, 5.41) is 14.2. The van der Waals surface area contributed by atoms with Gasteiger partial charge in [-0.05, 0) is 101 Å². The van der Waals surface area contributed by atoms with Gasteiger partial charge in [0.25, 0.3) is 0 Å². The van der Waals surface area contributed by atoms with Gasteiger partial charge in [0.15, 0.2) is 0 Å². The summed E-state index contributed by atoms with van der Waals surface area (Å²) in [6, 6.07) is 65.8. The van der Waals surface area contributed by atoms with Crippen LogP contribution in [-0.2, 0) is 0 Å². The second kappa shape index (κ2) is 11.2. The molecule has 2 aromatic heterocycles. The molecule has 12 aromatic rings.